The predicted molar refractivity (Wildman–Crippen MR) is 98.9 cm³/mol. The molecule has 0 aliphatic rings. The van der Waals surface area contributed by atoms with Crippen molar-refractivity contribution in [2.75, 3.05) is 40.3 Å². The van der Waals surface area contributed by atoms with Crippen molar-refractivity contribution in [3.8, 4) is 0 Å². The molecule has 7 heteroatoms. The molecular formula is C17H26N6O. The number of hydrogen-bond acceptors (Lipinski definition) is 5. The summed E-state index contributed by atoms with van der Waals surface area (Å²) < 4.78 is 1.85. The number of fused-ring (bicyclic) bond motifs is 1. The fourth-order valence-electron chi connectivity index (χ4n) is 2.47. The Hall–Kier alpha value is -2.25. The van der Waals surface area contributed by atoms with Gasteiger partial charge >= 0.3 is 0 Å². The minimum Gasteiger partial charge on any atom is -0.393 e. The van der Waals surface area contributed by atoms with Crippen LogP contribution in [0.1, 0.15) is 11.3 Å². The maximum atomic E-state index is 5.41. The van der Waals surface area contributed by atoms with E-state index in [1.54, 1.807) is 0 Å². The molecule has 0 radical (unpaired) electrons. The van der Waals surface area contributed by atoms with Crippen molar-refractivity contribution in [3.05, 3.63) is 29.5 Å². The van der Waals surface area contributed by atoms with Crippen molar-refractivity contribution >= 4 is 23.5 Å². The molecule has 2 aromatic rings. The highest BCUT2D eigenvalue weighted by Crippen LogP contribution is 2.19. The second-order valence-electron chi connectivity index (χ2n) is 5.75. The highest BCUT2D eigenvalue weighted by atomic mass is 16.6. The van der Waals surface area contributed by atoms with Gasteiger partial charge in [0.2, 0.25) is 0 Å². The van der Waals surface area contributed by atoms with Crippen LogP contribution in [0.25, 0.3) is 10.9 Å². The summed E-state index contributed by atoms with van der Waals surface area (Å²) in [7, 11) is 5.92. The number of nitrogens with one attached hydrogen (secondary N) is 1. The molecule has 2 rings (SSSR count). The molecule has 24 heavy (non-hydrogen) atoms. The van der Waals surface area contributed by atoms with Gasteiger partial charge in [0.15, 0.2) is 5.84 Å². The van der Waals surface area contributed by atoms with Gasteiger partial charge in [0.05, 0.1) is 11.2 Å². The monoisotopic (exact) mass is 330 g/mol. The fraction of sp³-hybridized carbons (Fsp3) is 0.471. The van der Waals surface area contributed by atoms with E-state index in [0.29, 0.717) is 12.4 Å². The van der Waals surface area contributed by atoms with Crippen molar-refractivity contribution in [1.82, 2.24) is 20.0 Å². The SMILES string of the molecule is C=N/C(=N\OCCN(C)CCNC)c1ccc2c(C)nn(C)c2c1. The Morgan fingerprint density at radius 2 is 2.21 bits per heavy atom. The first-order valence-corrected chi connectivity index (χ1v) is 8.00. The van der Waals surface area contributed by atoms with Gasteiger partial charge in [-0.15, -0.1) is 0 Å². The van der Waals surface area contributed by atoms with E-state index in [0.717, 1.165) is 41.8 Å². The first-order valence-electron chi connectivity index (χ1n) is 8.00. The molecule has 0 saturated carbocycles. The van der Waals surface area contributed by atoms with Crippen molar-refractivity contribution in [3.63, 3.8) is 0 Å². The van der Waals surface area contributed by atoms with Gasteiger partial charge in [0.1, 0.15) is 6.61 Å². The molecule has 7 nitrogen and oxygen atoms in total. The van der Waals surface area contributed by atoms with Crippen molar-refractivity contribution in [2.45, 2.75) is 6.92 Å². The Morgan fingerprint density at radius 3 is 2.92 bits per heavy atom. The van der Waals surface area contributed by atoms with Crippen LogP contribution >= 0.6 is 0 Å². The van der Waals surface area contributed by atoms with Crippen LogP contribution in [0.4, 0.5) is 0 Å². The Labute approximate surface area is 143 Å². The number of hydrogen-bond donors (Lipinski definition) is 1. The highest BCUT2D eigenvalue weighted by Gasteiger charge is 2.09. The largest absolute Gasteiger partial charge is 0.393 e. The fourth-order valence-corrected chi connectivity index (χ4v) is 2.47. The third-order valence-electron chi connectivity index (χ3n) is 3.90. The van der Waals surface area contributed by atoms with Crippen LogP contribution in [0.2, 0.25) is 0 Å². The van der Waals surface area contributed by atoms with Crippen LogP contribution in [0.15, 0.2) is 28.3 Å². The van der Waals surface area contributed by atoms with Crippen molar-refractivity contribution < 1.29 is 4.84 Å². The molecule has 1 heterocycles. The predicted octanol–water partition coefficient (Wildman–Crippen LogP) is 1.41. The summed E-state index contributed by atoms with van der Waals surface area (Å²) in [5.74, 6) is 0.480. The van der Waals surface area contributed by atoms with E-state index in [1.165, 1.54) is 0 Å². The quantitative estimate of drug-likeness (QED) is 0.344. The third kappa shape index (κ3) is 4.39. The molecule has 0 saturated heterocycles. The number of oxime groups is 1. The number of benzene rings is 1. The van der Waals surface area contributed by atoms with Crippen LogP contribution in [0.3, 0.4) is 0 Å². The van der Waals surface area contributed by atoms with Crippen LogP contribution < -0.4 is 5.32 Å². The lowest BCUT2D eigenvalue weighted by molar-refractivity contribution is 0.119. The molecule has 1 aromatic heterocycles. The third-order valence-corrected chi connectivity index (χ3v) is 3.90. The molecule has 130 valence electrons. The van der Waals surface area contributed by atoms with E-state index in [1.807, 2.05) is 43.9 Å². The lowest BCUT2D eigenvalue weighted by Crippen LogP contribution is -2.29. The highest BCUT2D eigenvalue weighted by molar-refractivity contribution is 6.03. The maximum absolute atomic E-state index is 5.41. The second kappa shape index (κ2) is 8.56. The number of aryl methyl sites for hydroxylation is 2. The minimum atomic E-state index is 0.480. The zero-order chi connectivity index (χ0) is 17.5. The summed E-state index contributed by atoms with van der Waals surface area (Å²) in [5.41, 5.74) is 2.90. The number of nitrogens with zero attached hydrogens (tertiary/aromatic N) is 5. The van der Waals surface area contributed by atoms with Gasteiger partial charge < -0.3 is 15.1 Å². The van der Waals surface area contributed by atoms with Crippen molar-refractivity contribution in [1.29, 1.82) is 0 Å². The van der Waals surface area contributed by atoms with E-state index >= 15 is 0 Å². The lowest BCUT2D eigenvalue weighted by atomic mass is 10.1. The van der Waals surface area contributed by atoms with Gasteiger partial charge in [0, 0.05) is 37.6 Å². The van der Waals surface area contributed by atoms with E-state index in [4.69, 9.17) is 4.84 Å². The molecule has 0 fully saturated rings. The summed E-state index contributed by atoms with van der Waals surface area (Å²) >= 11 is 0. The minimum absolute atomic E-state index is 0.480. The average molecular weight is 330 g/mol. The molecule has 0 unspecified atom stereocenters. The molecular weight excluding hydrogens is 304 g/mol. The van der Waals surface area contributed by atoms with Gasteiger partial charge in [-0.1, -0.05) is 17.3 Å². The van der Waals surface area contributed by atoms with Crippen LogP contribution in [0, 0.1) is 6.92 Å². The van der Waals surface area contributed by atoms with E-state index < -0.39 is 0 Å². The van der Waals surface area contributed by atoms with E-state index in [-0.39, 0.29) is 0 Å². The molecule has 0 aliphatic carbocycles. The molecule has 0 bridgehead atoms. The first-order chi connectivity index (χ1) is 11.6. The zero-order valence-electron chi connectivity index (χ0n) is 14.9. The second-order valence-corrected chi connectivity index (χ2v) is 5.75. The molecule has 1 aromatic carbocycles. The molecule has 0 atom stereocenters. The van der Waals surface area contributed by atoms with Gasteiger partial charge in [-0.05, 0) is 33.8 Å². The average Bonchev–Trinajstić information content (AvgIpc) is 2.87. The molecule has 0 spiro atoms. The number of amidine groups is 1. The van der Waals surface area contributed by atoms with Crippen LogP contribution in [-0.4, -0.2) is 67.6 Å². The Bertz CT molecular complexity index is 721. The zero-order valence-corrected chi connectivity index (χ0v) is 14.9. The summed E-state index contributed by atoms with van der Waals surface area (Å²) in [5, 5.41) is 12.8. The molecule has 1 N–H and O–H groups in total. The van der Waals surface area contributed by atoms with Crippen molar-refractivity contribution in [2.24, 2.45) is 17.2 Å². The van der Waals surface area contributed by atoms with Crippen LogP contribution in [0.5, 0.6) is 0 Å². The molecule has 0 amide bonds. The standard InChI is InChI=1S/C17H26N6O/c1-13-15-7-6-14(12-16(15)23(5)20-13)17(19-3)21-24-11-10-22(4)9-8-18-2/h6-7,12,18H,3,8-11H2,1-2,4-5H3/b21-17-. The van der Waals surface area contributed by atoms with E-state index in [9.17, 15) is 0 Å². The van der Waals surface area contributed by atoms with Gasteiger partial charge in [0.25, 0.3) is 0 Å². The Morgan fingerprint density at radius 1 is 1.42 bits per heavy atom. The number of likely N-dealkylation sites (N-methyl/N-ethyl adjacent to an activating group) is 2. The molecule has 0 aliphatic heterocycles. The maximum Gasteiger partial charge on any atom is 0.198 e. The summed E-state index contributed by atoms with van der Waals surface area (Å²) in [6.45, 7) is 8.81. The first kappa shape index (κ1) is 18.1. The Balaban J connectivity index is 2.02. The van der Waals surface area contributed by atoms with Crippen LogP contribution in [-0.2, 0) is 11.9 Å². The summed E-state index contributed by atoms with van der Waals surface area (Å²) in [4.78, 5) is 11.6. The normalized spacial score (nSPS) is 12.1. The van der Waals surface area contributed by atoms with Gasteiger partial charge in [-0.2, -0.15) is 5.10 Å². The van der Waals surface area contributed by atoms with Gasteiger partial charge in [-0.3, -0.25) is 4.68 Å². The topological polar surface area (TPSA) is 67.0 Å². The number of aromatic nitrogens is 2. The van der Waals surface area contributed by atoms with E-state index in [2.05, 4.69) is 39.2 Å². The number of aliphatic imine (C=N–C) groups is 1. The lowest BCUT2D eigenvalue weighted by Gasteiger charge is -2.15. The smallest absolute Gasteiger partial charge is 0.198 e. The summed E-state index contributed by atoms with van der Waals surface area (Å²) in [6.07, 6.45) is 0. The summed E-state index contributed by atoms with van der Waals surface area (Å²) in [6, 6.07) is 6.00. The number of rotatable bonds is 8. The Kier molecular flexibility index (Phi) is 6.45. The van der Waals surface area contributed by atoms with Gasteiger partial charge in [-0.25, -0.2) is 4.99 Å².